The number of ether oxygens (including phenoxy) is 1. The van der Waals surface area contributed by atoms with Gasteiger partial charge in [-0.05, 0) is 30.0 Å². The van der Waals surface area contributed by atoms with E-state index < -0.39 is 0 Å². The second kappa shape index (κ2) is 6.99. The number of nitrogens with zero attached hydrogens (tertiary/aromatic N) is 1. The highest BCUT2D eigenvalue weighted by Gasteiger charge is 2.42. The fourth-order valence-electron chi connectivity index (χ4n) is 3.74. The van der Waals surface area contributed by atoms with E-state index in [4.69, 9.17) is 4.74 Å². The van der Waals surface area contributed by atoms with E-state index in [0.717, 1.165) is 30.6 Å². The van der Waals surface area contributed by atoms with E-state index in [1.807, 2.05) is 4.90 Å². The Morgan fingerprint density at radius 3 is 2.82 bits per heavy atom. The first-order valence-electron chi connectivity index (χ1n) is 7.81. The molecule has 1 amide bonds. The van der Waals surface area contributed by atoms with Gasteiger partial charge in [0.2, 0.25) is 0 Å². The lowest BCUT2D eigenvalue weighted by Crippen LogP contribution is -2.49. The van der Waals surface area contributed by atoms with Crippen LogP contribution >= 0.6 is 12.4 Å². The maximum atomic E-state index is 12.9. The predicted octanol–water partition coefficient (Wildman–Crippen LogP) is 2.14. The molecule has 5 heteroatoms. The van der Waals surface area contributed by atoms with Gasteiger partial charge in [0.05, 0.1) is 12.6 Å². The summed E-state index contributed by atoms with van der Waals surface area (Å²) in [6.45, 7) is 7.34. The normalized spacial score (nSPS) is 23.0. The first kappa shape index (κ1) is 17.3. The molecule has 1 aromatic rings. The van der Waals surface area contributed by atoms with Crippen LogP contribution in [0.3, 0.4) is 0 Å². The van der Waals surface area contributed by atoms with Crippen molar-refractivity contribution in [1.29, 1.82) is 0 Å². The molecule has 0 aliphatic carbocycles. The Bertz CT molecular complexity index is 562. The standard InChI is InChI=1S/C17H24N2O2.ClH/c1-4-12-7-11(2)16-13(8-12)14-9-18-10-15(14)19(17(16)20)5-6-21-3;/h7-8,14-15,18H,4-6,9-10H2,1-3H3;1H/t14-,15+;/m0./s1. The molecule has 0 unspecified atom stereocenters. The minimum absolute atomic E-state index is 0. The van der Waals surface area contributed by atoms with Crippen LogP contribution in [0.25, 0.3) is 0 Å². The van der Waals surface area contributed by atoms with Crippen molar-refractivity contribution in [2.24, 2.45) is 0 Å². The Labute approximate surface area is 138 Å². The number of rotatable bonds is 4. The van der Waals surface area contributed by atoms with E-state index in [-0.39, 0.29) is 24.4 Å². The van der Waals surface area contributed by atoms with Gasteiger partial charge < -0.3 is 15.0 Å². The lowest BCUT2D eigenvalue weighted by atomic mass is 9.81. The summed E-state index contributed by atoms with van der Waals surface area (Å²) in [7, 11) is 1.69. The van der Waals surface area contributed by atoms with Gasteiger partial charge in [-0.2, -0.15) is 0 Å². The number of methoxy groups -OCH3 is 1. The van der Waals surface area contributed by atoms with Gasteiger partial charge >= 0.3 is 0 Å². The summed E-state index contributed by atoms with van der Waals surface area (Å²) in [6, 6.07) is 4.68. The van der Waals surface area contributed by atoms with Crippen LogP contribution in [0.4, 0.5) is 0 Å². The molecule has 4 nitrogen and oxygen atoms in total. The molecule has 1 aromatic carbocycles. The van der Waals surface area contributed by atoms with Crippen LogP contribution in [0.1, 0.15) is 39.9 Å². The maximum Gasteiger partial charge on any atom is 0.254 e. The van der Waals surface area contributed by atoms with Crippen molar-refractivity contribution in [2.75, 3.05) is 33.4 Å². The van der Waals surface area contributed by atoms with Crippen LogP contribution < -0.4 is 5.32 Å². The van der Waals surface area contributed by atoms with Crippen molar-refractivity contribution in [1.82, 2.24) is 10.2 Å². The van der Waals surface area contributed by atoms with Crippen molar-refractivity contribution in [2.45, 2.75) is 32.2 Å². The van der Waals surface area contributed by atoms with Crippen molar-refractivity contribution in [3.8, 4) is 0 Å². The van der Waals surface area contributed by atoms with Crippen LogP contribution in [0.2, 0.25) is 0 Å². The maximum absolute atomic E-state index is 12.9. The first-order valence-corrected chi connectivity index (χ1v) is 7.81. The summed E-state index contributed by atoms with van der Waals surface area (Å²) in [5.41, 5.74) is 4.62. The van der Waals surface area contributed by atoms with Crippen molar-refractivity contribution >= 4 is 18.3 Å². The third-order valence-corrected chi connectivity index (χ3v) is 4.83. The molecule has 0 aromatic heterocycles. The highest BCUT2D eigenvalue weighted by Crippen LogP contribution is 2.37. The van der Waals surface area contributed by atoms with Gasteiger partial charge in [-0.25, -0.2) is 0 Å². The molecule has 0 saturated carbocycles. The van der Waals surface area contributed by atoms with Gasteiger partial charge in [0.15, 0.2) is 0 Å². The number of hydrogen-bond acceptors (Lipinski definition) is 3. The Morgan fingerprint density at radius 2 is 2.14 bits per heavy atom. The minimum Gasteiger partial charge on any atom is -0.383 e. The van der Waals surface area contributed by atoms with E-state index in [1.54, 1.807) is 7.11 Å². The third kappa shape index (κ3) is 2.75. The molecule has 1 fully saturated rings. The lowest BCUT2D eigenvalue weighted by Gasteiger charge is -2.39. The molecular weight excluding hydrogens is 300 g/mol. The molecule has 122 valence electrons. The number of nitrogens with one attached hydrogen (secondary N) is 1. The summed E-state index contributed by atoms with van der Waals surface area (Å²) in [5.74, 6) is 0.590. The van der Waals surface area contributed by atoms with Crippen LogP contribution in [-0.2, 0) is 11.2 Å². The molecular formula is C17H25ClN2O2. The average molecular weight is 325 g/mol. The largest absolute Gasteiger partial charge is 0.383 e. The molecule has 2 aliphatic rings. The molecule has 2 heterocycles. The van der Waals surface area contributed by atoms with E-state index >= 15 is 0 Å². The Balaban J connectivity index is 0.00000176. The van der Waals surface area contributed by atoms with Crippen molar-refractivity contribution in [3.63, 3.8) is 0 Å². The molecule has 2 aliphatic heterocycles. The van der Waals surface area contributed by atoms with Gasteiger partial charge in [-0.3, -0.25) is 4.79 Å². The molecule has 2 atom stereocenters. The molecule has 1 saturated heterocycles. The van der Waals surface area contributed by atoms with Gasteiger partial charge in [0.25, 0.3) is 5.91 Å². The topological polar surface area (TPSA) is 41.6 Å². The monoisotopic (exact) mass is 324 g/mol. The molecule has 1 N–H and O–H groups in total. The number of fused-ring (bicyclic) bond motifs is 3. The van der Waals surface area contributed by atoms with E-state index in [9.17, 15) is 4.79 Å². The highest BCUT2D eigenvalue weighted by molar-refractivity contribution is 5.99. The Morgan fingerprint density at radius 1 is 1.36 bits per heavy atom. The fraction of sp³-hybridized carbons (Fsp3) is 0.588. The number of hydrogen-bond donors (Lipinski definition) is 1. The zero-order valence-electron chi connectivity index (χ0n) is 13.5. The summed E-state index contributed by atoms with van der Waals surface area (Å²) in [6.07, 6.45) is 1.01. The van der Waals surface area contributed by atoms with Crippen LogP contribution in [0.15, 0.2) is 12.1 Å². The minimum atomic E-state index is 0. The first-order chi connectivity index (χ1) is 10.2. The summed E-state index contributed by atoms with van der Waals surface area (Å²) in [4.78, 5) is 14.9. The Hall–Kier alpha value is -1.10. The van der Waals surface area contributed by atoms with E-state index in [0.29, 0.717) is 19.1 Å². The van der Waals surface area contributed by atoms with Crippen molar-refractivity contribution < 1.29 is 9.53 Å². The number of halogens is 1. The Kier molecular flexibility index (Phi) is 5.48. The number of amides is 1. The second-order valence-corrected chi connectivity index (χ2v) is 6.05. The number of aryl methyl sites for hydroxylation is 2. The zero-order valence-corrected chi connectivity index (χ0v) is 14.3. The highest BCUT2D eigenvalue weighted by atomic mass is 35.5. The van der Waals surface area contributed by atoms with Crippen LogP contribution in [-0.4, -0.2) is 50.2 Å². The van der Waals surface area contributed by atoms with E-state index in [2.05, 4.69) is 31.3 Å². The lowest BCUT2D eigenvalue weighted by molar-refractivity contribution is 0.0570. The quantitative estimate of drug-likeness (QED) is 0.922. The molecule has 0 spiro atoms. The second-order valence-electron chi connectivity index (χ2n) is 6.05. The summed E-state index contributed by atoms with van der Waals surface area (Å²) < 4.78 is 5.18. The van der Waals surface area contributed by atoms with Gasteiger partial charge in [0.1, 0.15) is 0 Å². The zero-order chi connectivity index (χ0) is 15.0. The number of carbonyl (C=O) groups excluding carboxylic acids is 1. The predicted molar refractivity (Wildman–Crippen MR) is 90.1 cm³/mol. The van der Waals surface area contributed by atoms with Gasteiger partial charge in [-0.15, -0.1) is 12.4 Å². The average Bonchev–Trinajstić information content (AvgIpc) is 2.95. The van der Waals surface area contributed by atoms with Gasteiger partial charge in [0, 0.05) is 38.2 Å². The smallest absolute Gasteiger partial charge is 0.254 e. The SMILES string of the molecule is CCc1cc(C)c2c(c1)[C@@H]1CNC[C@H]1N(CCOC)C2=O.Cl. The fourth-order valence-corrected chi connectivity index (χ4v) is 3.74. The summed E-state index contributed by atoms with van der Waals surface area (Å²) >= 11 is 0. The summed E-state index contributed by atoms with van der Waals surface area (Å²) in [5, 5.41) is 3.45. The molecule has 3 rings (SSSR count). The van der Waals surface area contributed by atoms with Crippen LogP contribution in [0, 0.1) is 6.92 Å². The number of carbonyl (C=O) groups is 1. The number of benzene rings is 1. The van der Waals surface area contributed by atoms with Crippen LogP contribution in [0.5, 0.6) is 0 Å². The molecule has 0 radical (unpaired) electrons. The van der Waals surface area contributed by atoms with Gasteiger partial charge in [-0.1, -0.05) is 19.1 Å². The van der Waals surface area contributed by atoms with E-state index in [1.165, 1.54) is 11.1 Å². The van der Waals surface area contributed by atoms with Crippen molar-refractivity contribution in [3.05, 3.63) is 34.4 Å². The molecule has 22 heavy (non-hydrogen) atoms. The third-order valence-electron chi connectivity index (χ3n) is 4.83. The molecule has 0 bridgehead atoms.